The van der Waals surface area contributed by atoms with Crippen LogP contribution >= 0.6 is 0 Å². The SMILES string of the molecule is CC(C)=N/N=C(/C)C/C(C)=N/N. The van der Waals surface area contributed by atoms with Crippen molar-refractivity contribution < 1.29 is 0 Å². The molecule has 0 aromatic rings. The number of rotatable bonds is 3. The highest BCUT2D eigenvalue weighted by molar-refractivity contribution is 6.02. The van der Waals surface area contributed by atoms with Crippen molar-refractivity contribution in [3.05, 3.63) is 0 Å². The molecule has 0 aromatic carbocycles. The quantitative estimate of drug-likeness (QED) is 0.388. The molecule has 0 heterocycles. The van der Waals surface area contributed by atoms with Crippen LogP contribution in [0.3, 0.4) is 0 Å². The Hall–Kier alpha value is -1.19. The van der Waals surface area contributed by atoms with Crippen molar-refractivity contribution in [3.63, 3.8) is 0 Å². The Balaban J connectivity index is 4.12. The zero-order valence-corrected chi connectivity index (χ0v) is 8.13. The lowest BCUT2D eigenvalue weighted by Gasteiger charge is -1.95. The molecule has 4 heteroatoms. The number of hydrazone groups is 1. The van der Waals surface area contributed by atoms with Crippen LogP contribution in [-0.2, 0) is 0 Å². The summed E-state index contributed by atoms with van der Waals surface area (Å²) in [5.41, 5.74) is 2.72. The van der Waals surface area contributed by atoms with Crippen molar-refractivity contribution in [2.45, 2.75) is 34.1 Å². The third-order valence-corrected chi connectivity index (χ3v) is 1.15. The van der Waals surface area contributed by atoms with Crippen LogP contribution in [0.25, 0.3) is 0 Å². The third-order valence-electron chi connectivity index (χ3n) is 1.15. The molecule has 0 unspecified atom stereocenters. The summed E-state index contributed by atoms with van der Waals surface area (Å²) in [6, 6.07) is 0. The predicted octanol–water partition coefficient (Wildman–Crippen LogP) is 1.57. The minimum absolute atomic E-state index is 0.688. The molecule has 0 radical (unpaired) electrons. The van der Waals surface area contributed by atoms with Crippen molar-refractivity contribution in [3.8, 4) is 0 Å². The Kier molecular flexibility index (Phi) is 4.92. The van der Waals surface area contributed by atoms with Crippen LogP contribution in [0.5, 0.6) is 0 Å². The third kappa shape index (κ3) is 5.58. The topological polar surface area (TPSA) is 63.1 Å². The summed E-state index contributed by atoms with van der Waals surface area (Å²) < 4.78 is 0. The molecule has 0 aromatic heterocycles. The molecule has 0 saturated heterocycles. The molecule has 0 aliphatic rings. The van der Waals surface area contributed by atoms with Crippen LogP contribution in [0.2, 0.25) is 0 Å². The molecule has 0 fully saturated rings. The minimum atomic E-state index is 0.688. The lowest BCUT2D eigenvalue weighted by Crippen LogP contribution is -2.03. The van der Waals surface area contributed by atoms with Gasteiger partial charge >= 0.3 is 0 Å². The summed E-state index contributed by atoms with van der Waals surface area (Å²) in [7, 11) is 0. The van der Waals surface area contributed by atoms with Gasteiger partial charge in [0.15, 0.2) is 0 Å². The monoisotopic (exact) mass is 168 g/mol. The summed E-state index contributed by atoms with van der Waals surface area (Å²) in [5, 5.41) is 11.4. The van der Waals surface area contributed by atoms with Crippen molar-refractivity contribution in [1.82, 2.24) is 0 Å². The Morgan fingerprint density at radius 2 is 1.58 bits per heavy atom. The molecule has 0 saturated carbocycles. The molecule has 0 aliphatic carbocycles. The average molecular weight is 168 g/mol. The first-order chi connectivity index (χ1) is 5.56. The molecule has 0 spiro atoms. The second-order valence-corrected chi connectivity index (χ2v) is 2.92. The molecule has 0 rings (SSSR count). The highest BCUT2D eigenvalue weighted by Gasteiger charge is 1.93. The fourth-order valence-electron chi connectivity index (χ4n) is 0.637. The van der Waals surface area contributed by atoms with Gasteiger partial charge in [0, 0.05) is 23.6 Å². The van der Waals surface area contributed by atoms with Gasteiger partial charge in [0.05, 0.1) is 0 Å². The summed E-state index contributed by atoms with van der Waals surface area (Å²) in [5.74, 6) is 5.07. The van der Waals surface area contributed by atoms with Crippen molar-refractivity contribution in [2.24, 2.45) is 21.1 Å². The second kappa shape index (κ2) is 5.46. The van der Waals surface area contributed by atoms with Gasteiger partial charge in [-0.2, -0.15) is 15.3 Å². The van der Waals surface area contributed by atoms with Crippen LogP contribution in [0, 0.1) is 0 Å². The first kappa shape index (κ1) is 10.8. The van der Waals surface area contributed by atoms with Crippen LogP contribution in [0.4, 0.5) is 0 Å². The predicted molar refractivity (Wildman–Crippen MR) is 53.8 cm³/mol. The molecule has 4 nitrogen and oxygen atoms in total. The van der Waals surface area contributed by atoms with Gasteiger partial charge < -0.3 is 5.84 Å². The molecular weight excluding hydrogens is 152 g/mol. The van der Waals surface area contributed by atoms with Crippen LogP contribution in [-0.4, -0.2) is 17.1 Å². The summed E-state index contributed by atoms with van der Waals surface area (Å²) in [4.78, 5) is 0. The van der Waals surface area contributed by atoms with Crippen molar-refractivity contribution in [2.75, 3.05) is 0 Å². The van der Waals surface area contributed by atoms with E-state index in [9.17, 15) is 0 Å². The molecule has 12 heavy (non-hydrogen) atoms. The van der Waals surface area contributed by atoms with Gasteiger partial charge in [-0.3, -0.25) is 0 Å². The van der Waals surface area contributed by atoms with E-state index in [0.717, 1.165) is 17.1 Å². The molecule has 68 valence electrons. The van der Waals surface area contributed by atoms with Gasteiger partial charge in [-0.15, -0.1) is 0 Å². The smallest absolute Gasteiger partial charge is 0.0431 e. The van der Waals surface area contributed by atoms with Gasteiger partial charge in [-0.25, -0.2) is 0 Å². The number of hydrogen-bond donors (Lipinski definition) is 1. The standard InChI is InChI=1S/C8H16N4/c1-6(2)11-12-8(4)5-7(3)10-9/h5,9H2,1-4H3/b10-7+,12-8-. The van der Waals surface area contributed by atoms with E-state index in [1.54, 1.807) is 0 Å². The maximum Gasteiger partial charge on any atom is 0.0431 e. The fourth-order valence-corrected chi connectivity index (χ4v) is 0.637. The molecule has 0 amide bonds. The second-order valence-electron chi connectivity index (χ2n) is 2.92. The molecule has 0 atom stereocenters. The van der Waals surface area contributed by atoms with E-state index in [2.05, 4.69) is 15.3 Å². The lowest BCUT2D eigenvalue weighted by molar-refractivity contribution is 1.17. The number of hydrogen-bond acceptors (Lipinski definition) is 4. The maximum atomic E-state index is 5.07. The van der Waals surface area contributed by atoms with E-state index < -0.39 is 0 Å². The highest BCUT2D eigenvalue weighted by Crippen LogP contribution is 1.91. The first-order valence-corrected chi connectivity index (χ1v) is 3.84. The highest BCUT2D eigenvalue weighted by atomic mass is 15.2. The van der Waals surface area contributed by atoms with Gasteiger partial charge in [-0.05, 0) is 27.7 Å². The zero-order chi connectivity index (χ0) is 9.56. The number of nitrogens with two attached hydrogens (primary N) is 1. The largest absolute Gasteiger partial charge is 0.323 e. The van der Waals surface area contributed by atoms with Gasteiger partial charge in [-0.1, -0.05) is 0 Å². The van der Waals surface area contributed by atoms with E-state index in [-0.39, 0.29) is 0 Å². The Morgan fingerprint density at radius 3 is 2.00 bits per heavy atom. The Labute approximate surface area is 73.3 Å². The van der Waals surface area contributed by atoms with Crippen LogP contribution in [0.15, 0.2) is 15.3 Å². The van der Waals surface area contributed by atoms with Crippen molar-refractivity contribution >= 4 is 17.1 Å². The van der Waals surface area contributed by atoms with Gasteiger partial charge in [0.1, 0.15) is 0 Å². The zero-order valence-electron chi connectivity index (χ0n) is 8.13. The van der Waals surface area contributed by atoms with E-state index >= 15 is 0 Å². The van der Waals surface area contributed by atoms with Crippen molar-refractivity contribution in [1.29, 1.82) is 0 Å². The van der Waals surface area contributed by atoms with Gasteiger partial charge in [0.25, 0.3) is 0 Å². The van der Waals surface area contributed by atoms with E-state index in [1.165, 1.54) is 0 Å². The van der Waals surface area contributed by atoms with E-state index in [1.807, 2.05) is 27.7 Å². The van der Waals surface area contributed by atoms with Crippen LogP contribution < -0.4 is 5.84 Å². The van der Waals surface area contributed by atoms with E-state index in [4.69, 9.17) is 5.84 Å². The lowest BCUT2D eigenvalue weighted by atomic mass is 10.2. The molecule has 0 bridgehead atoms. The normalized spacial score (nSPS) is 13.0. The Morgan fingerprint density at radius 1 is 1.00 bits per heavy atom. The molecule has 2 N–H and O–H groups in total. The summed E-state index contributed by atoms with van der Waals surface area (Å²) in [6.07, 6.45) is 0.688. The maximum absolute atomic E-state index is 5.07. The Bertz CT molecular complexity index is 221. The number of nitrogens with zero attached hydrogens (tertiary/aromatic N) is 3. The molecule has 0 aliphatic heterocycles. The molecular formula is C8H16N4. The fraction of sp³-hybridized carbons (Fsp3) is 0.625. The van der Waals surface area contributed by atoms with Crippen LogP contribution in [0.1, 0.15) is 34.1 Å². The summed E-state index contributed by atoms with van der Waals surface area (Å²) >= 11 is 0. The summed E-state index contributed by atoms with van der Waals surface area (Å²) in [6.45, 7) is 7.57. The van der Waals surface area contributed by atoms with Gasteiger partial charge in [0.2, 0.25) is 0 Å². The first-order valence-electron chi connectivity index (χ1n) is 3.84. The minimum Gasteiger partial charge on any atom is -0.323 e. The van der Waals surface area contributed by atoms with E-state index in [0.29, 0.717) is 6.42 Å². The average Bonchev–Trinajstić information content (AvgIpc) is 2.00.